The summed E-state index contributed by atoms with van der Waals surface area (Å²) >= 11 is 1.57. The van der Waals surface area contributed by atoms with Gasteiger partial charge in [-0.25, -0.2) is 9.97 Å². The van der Waals surface area contributed by atoms with Crippen LogP contribution < -0.4 is 10.9 Å². The van der Waals surface area contributed by atoms with E-state index in [4.69, 9.17) is 0 Å². The number of hydrogen-bond acceptors (Lipinski definition) is 5. The number of aromatic nitrogens is 3. The third kappa shape index (κ3) is 3.07. The Kier molecular flexibility index (Phi) is 4.44. The van der Waals surface area contributed by atoms with E-state index in [9.17, 15) is 9.59 Å². The van der Waals surface area contributed by atoms with E-state index < -0.39 is 5.91 Å². The number of carbonyl (C=O) groups excluding carboxylic acids is 1. The van der Waals surface area contributed by atoms with Crippen molar-refractivity contribution in [3.05, 3.63) is 56.0 Å². The molecule has 0 spiro atoms. The molecule has 1 unspecified atom stereocenters. The van der Waals surface area contributed by atoms with Gasteiger partial charge in [-0.1, -0.05) is 19.1 Å². The van der Waals surface area contributed by atoms with Crippen LogP contribution in [0.4, 0.5) is 0 Å². The lowest BCUT2D eigenvalue weighted by molar-refractivity contribution is 0.0925. The number of fused-ring (bicyclic) bond motifs is 1. The van der Waals surface area contributed by atoms with Gasteiger partial charge < -0.3 is 10.3 Å². The highest BCUT2D eigenvalue weighted by Gasteiger charge is 2.20. The molecule has 1 aromatic carbocycles. The standard InChI is InChI=1S/C17H18N4O2S/c1-4-12(17-18-9(2)10(3)24-17)20-16(23)14-19-13-8-6-5-7-11(13)15(22)21-14/h5-8,12H,4H2,1-3H3,(H,20,23)(H,19,21,22). The first-order valence-corrected chi connectivity index (χ1v) is 8.55. The average Bonchev–Trinajstić information content (AvgIpc) is 2.91. The van der Waals surface area contributed by atoms with Gasteiger partial charge in [0.15, 0.2) is 5.82 Å². The molecule has 124 valence electrons. The summed E-state index contributed by atoms with van der Waals surface area (Å²) in [5, 5.41) is 4.24. The molecule has 1 atom stereocenters. The maximum absolute atomic E-state index is 12.5. The van der Waals surface area contributed by atoms with Crippen molar-refractivity contribution >= 4 is 28.1 Å². The number of amides is 1. The van der Waals surface area contributed by atoms with E-state index in [1.807, 2.05) is 20.8 Å². The van der Waals surface area contributed by atoms with E-state index >= 15 is 0 Å². The van der Waals surface area contributed by atoms with Crippen molar-refractivity contribution in [2.24, 2.45) is 0 Å². The summed E-state index contributed by atoms with van der Waals surface area (Å²) in [5.41, 5.74) is 1.15. The zero-order valence-electron chi connectivity index (χ0n) is 13.7. The Labute approximate surface area is 143 Å². The molecule has 0 saturated heterocycles. The van der Waals surface area contributed by atoms with Crippen LogP contribution in [0.15, 0.2) is 29.1 Å². The van der Waals surface area contributed by atoms with Gasteiger partial charge in [0, 0.05) is 4.88 Å². The summed E-state index contributed by atoms with van der Waals surface area (Å²) in [6.45, 7) is 5.94. The number of aryl methyl sites for hydroxylation is 2. The molecule has 24 heavy (non-hydrogen) atoms. The summed E-state index contributed by atoms with van der Waals surface area (Å²) < 4.78 is 0. The number of rotatable bonds is 4. The lowest BCUT2D eigenvalue weighted by Gasteiger charge is -2.14. The molecule has 2 heterocycles. The summed E-state index contributed by atoms with van der Waals surface area (Å²) in [6.07, 6.45) is 0.704. The number of hydrogen-bond donors (Lipinski definition) is 2. The Balaban J connectivity index is 1.89. The van der Waals surface area contributed by atoms with Gasteiger partial charge >= 0.3 is 0 Å². The average molecular weight is 342 g/mol. The van der Waals surface area contributed by atoms with Crippen LogP contribution in [0, 0.1) is 13.8 Å². The van der Waals surface area contributed by atoms with E-state index in [-0.39, 0.29) is 17.4 Å². The van der Waals surface area contributed by atoms with Crippen molar-refractivity contribution in [1.29, 1.82) is 0 Å². The Morgan fingerprint density at radius 3 is 2.71 bits per heavy atom. The number of H-pyrrole nitrogens is 1. The summed E-state index contributed by atoms with van der Waals surface area (Å²) in [5.74, 6) is -0.391. The molecule has 0 fully saturated rings. The first-order chi connectivity index (χ1) is 11.5. The molecule has 1 amide bonds. The maximum atomic E-state index is 12.5. The molecule has 0 aliphatic heterocycles. The van der Waals surface area contributed by atoms with Crippen LogP contribution in [-0.2, 0) is 0 Å². The minimum atomic E-state index is -0.407. The highest BCUT2D eigenvalue weighted by Crippen LogP contribution is 2.25. The first kappa shape index (κ1) is 16.3. The predicted octanol–water partition coefficient (Wildman–Crippen LogP) is 2.88. The third-order valence-corrected chi connectivity index (χ3v) is 5.07. The number of carbonyl (C=O) groups is 1. The van der Waals surface area contributed by atoms with Crippen LogP contribution in [0.25, 0.3) is 10.9 Å². The molecule has 3 rings (SSSR count). The zero-order chi connectivity index (χ0) is 17.3. The van der Waals surface area contributed by atoms with Crippen molar-refractivity contribution < 1.29 is 4.79 Å². The third-order valence-electron chi connectivity index (χ3n) is 3.88. The molecule has 0 aliphatic rings. The summed E-state index contributed by atoms with van der Waals surface area (Å²) in [7, 11) is 0. The number of aromatic amines is 1. The highest BCUT2D eigenvalue weighted by molar-refractivity contribution is 7.11. The van der Waals surface area contributed by atoms with Crippen LogP contribution in [0.1, 0.15) is 45.6 Å². The van der Waals surface area contributed by atoms with Gasteiger partial charge in [-0.2, -0.15) is 0 Å². The Hall–Kier alpha value is -2.54. The normalized spacial score (nSPS) is 12.3. The molecule has 0 radical (unpaired) electrons. The van der Waals surface area contributed by atoms with Crippen molar-refractivity contribution in [2.45, 2.75) is 33.2 Å². The van der Waals surface area contributed by atoms with Gasteiger partial charge in [0.2, 0.25) is 0 Å². The lowest BCUT2D eigenvalue weighted by atomic mass is 10.2. The minimum Gasteiger partial charge on any atom is -0.340 e. The second kappa shape index (κ2) is 6.52. The molecule has 7 heteroatoms. The van der Waals surface area contributed by atoms with Crippen molar-refractivity contribution in [3.63, 3.8) is 0 Å². The predicted molar refractivity (Wildman–Crippen MR) is 94.4 cm³/mol. The molecule has 2 aromatic heterocycles. The molecule has 0 bridgehead atoms. The molecule has 6 nitrogen and oxygen atoms in total. The SMILES string of the molecule is CCC(NC(=O)c1nc2ccccc2c(=O)[nH]1)c1nc(C)c(C)s1. The van der Waals surface area contributed by atoms with E-state index in [0.29, 0.717) is 17.3 Å². The molecular weight excluding hydrogens is 324 g/mol. The second-order valence-corrected chi connectivity index (χ2v) is 6.79. The fraction of sp³-hybridized carbons (Fsp3) is 0.294. The van der Waals surface area contributed by atoms with Crippen LogP contribution in [-0.4, -0.2) is 20.9 Å². The monoisotopic (exact) mass is 342 g/mol. The van der Waals surface area contributed by atoms with Gasteiger partial charge in [0.05, 0.1) is 22.6 Å². The number of nitrogens with one attached hydrogen (secondary N) is 2. The van der Waals surface area contributed by atoms with Crippen LogP contribution in [0.5, 0.6) is 0 Å². The summed E-state index contributed by atoms with van der Waals surface area (Å²) in [4.78, 5) is 37.0. The second-order valence-electron chi connectivity index (χ2n) is 5.56. The molecule has 0 aliphatic carbocycles. The van der Waals surface area contributed by atoms with Crippen molar-refractivity contribution in [2.75, 3.05) is 0 Å². The Morgan fingerprint density at radius 1 is 1.29 bits per heavy atom. The number of para-hydroxylation sites is 1. The smallest absolute Gasteiger partial charge is 0.287 e. The molecular formula is C17H18N4O2S. The highest BCUT2D eigenvalue weighted by atomic mass is 32.1. The Morgan fingerprint density at radius 2 is 2.04 bits per heavy atom. The topological polar surface area (TPSA) is 87.7 Å². The summed E-state index contributed by atoms with van der Waals surface area (Å²) in [6, 6.07) is 6.74. The van der Waals surface area contributed by atoms with Crippen molar-refractivity contribution in [3.8, 4) is 0 Å². The zero-order valence-corrected chi connectivity index (χ0v) is 14.5. The number of nitrogens with zero attached hydrogens (tertiary/aromatic N) is 2. The quantitative estimate of drug-likeness (QED) is 0.763. The first-order valence-electron chi connectivity index (χ1n) is 7.73. The van der Waals surface area contributed by atoms with Gasteiger partial charge in [-0.15, -0.1) is 11.3 Å². The number of thiazole rings is 1. The van der Waals surface area contributed by atoms with Crippen LogP contribution in [0.2, 0.25) is 0 Å². The van der Waals surface area contributed by atoms with Crippen molar-refractivity contribution in [1.82, 2.24) is 20.3 Å². The van der Waals surface area contributed by atoms with Gasteiger partial charge in [0.1, 0.15) is 5.01 Å². The maximum Gasteiger partial charge on any atom is 0.287 e. The van der Waals surface area contributed by atoms with Crippen LogP contribution >= 0.6 is 11.3 Å². The largest absolute Gasteiger partial charge is 0.340 e. The fourth-order valence-corrected chi connectivity index (χ4v) is 3.46. The number of benzene rings is 1. The molecule has 0 saturated carbocycles. The van der Waals surface area contributed by atoms with Crippen LogP contribution in [0.3, 0.4) is 0 Å². The van der Waals surface area contributed by atoms with E-state index in [1.165, 1.54) is 0 Å². The minimum absolute atomic E-state index is 0.0159. The lowest BCUT2D eigenvalue weighted by Crippen LogP contribution is -2.31. The Bertz CT molecular complexity index is 941. The van der Waals surface area contributed by atoms with E-state index in [0.717, 1.165) is 15.6 Å². The molecule has 3 aromatic rings. The molecule has 2 N–H and O–H groups in total. The van der Waals surface area contributed by atoms with E-state index in [2.05, 4.69) is 20.3 Å². The fourth-order valence-electron chi connectivity index (χ4n) is 2.41. The van der Waals surface area contributed by atoms with Gasteiger partial charge in [0.25, 0.3) is 11.5 Å². The van der Waals surface area contributed by atoms with E-state index in [1.54, 1.807) is 35.6 Å². The van der Waals surface area contributed by atoms with Gasteiger partial charge in [-0.05, 0) is 32.4 Å². The van der Waals surface area contributed by atoms with Gasteiger partial charge in [-0.3, -0.25) is 9.59 Å².